The third kappa shape index (κ3) is 2.00. The van der Waals surface area contributed by atoms with E-state index in [4.69, 9.17) is 11.6 Å². The van der Waals surface area contributed by atoms with Crippen molar-refractivity contribution < 1.29 is 18.0 Å². The van der Waals surface area contributed by atoms with Gasteiger partial charge in [-0.2, -0.15) is 13.2 Å². The molecule has 24 heavy (non-hydrogen) atoms. The van der Waals surface area contributed by atoms with Crippen molar-refractivity contribution in [2.24, 2.45) is 0 Å². The molecule has 0 N–H and O–H groups in total. The summed E-state index contributed by atoms with van der Waals surface area (Å²) in [4.78, 5) is 14.5. The molecule has 0 spiro atoms. The highest BCUT2D eigenvalue weighted by Crippen LogP contribution is 2.51. The van der Waals surface area contributed by atoms with Crippen LogP contribution in [-0.2, 0) is 11.7 Å². The van der Waals surface area contributed by atoms with E-state index >= 15 is 0 Å². The molecular formula is C18H13ClF3NO. The molecule has 0 aromatic heterocycles. The Morgan fingerprint density at radius 3 is 2.46 bits per heavy atom. The topological polar surface area (TPSA) is 20.3 Å². The van der Waals surface area contributed by atoms with Crippen LogP contribution in [0.15, 0.2) is 42.5 Å². The second-order valence-corrected chi connectivity index (χ2v) is 6.62. The Hall–Kier alpha value is -2.01. The molecule has 1 saturated heterocycles. The molecule has 2 aliphatic rings. The normalized spacial score (nSPS) is 22.7. The lowest BCUT2D eigenvalue weighted by molar-refractivity contribution is -0.137. The minimum Gasteiger partial charge on any atom is -0.325 e. The van der Waals surface area contributed by atoms with Crippen LogP contribution in [0.2, 0.25) is 5.02 Å². The van der Waals surface area contributed by atoms with Gasteiger partial charge >= 0.3 is 6.18 Å². The van der Waals surface area contributed by atoms with Crippen LogP contribution in [0.4, 0.5) is 13.2 Å². The van der Waals surface area contributed by atoms with Crippen LogP contribution in [0, 0.1) is 0 Å². The molecule has 1 unspecified atom stereocenters. The molecule has 2 nitrogen and oxygen atoms in total. The first-order valence-corrected chi connectivity index (χ1v) is 8.01. The smallest absolute Gasteiger partial charge is 0.325 e. The monoisotopic (exact) mass is 351 g/mol. The Morgan fingerprint density at radius 1 is 1.08 bits per heavy atom. The predicted octanol–water partition coefficient (Wildman–Crippen LogP) is 4.85. The zero-order valence-electron chi connectivity index (χ0n) is 12.5. The fourth-order valence-electron chi connectivity index (χ4n) is 3.96. The van der Waals surface area contributed by atoms with Gasteiger partial charge in [-0.1, -0.05) is 29.8 Å². The number of hydrogen-bond acceptors (Lipinski definition) is 1. The molecule has 0 bridgehead atoms. The SMILES string of the molecule is O=C1c2cc(Cl)ccc2C2(c3ccc(C(F)(F)F)cc3)CCCN12. The number of alkyl halides is 3. The molecular weight excluding hydrogens is 339 g/mol. The van der Waals surface area contributed by atoms with E-state index in [1.165, 1.54) is 12.1 Å². The van der Waals surface area contributed by atoms with Gasteiger partial charge in [-0.25, -0.2) is 0 Å². The highest BCUT2D eigenvalue weighted by Gasteiger charge is 2.53. The number of benzene rings is 2. The minimum atomic E-state index is -4.37. The van der Waals surface area contributed by atoms with Crippen molar-refractivity contribution in [1.29, 1.82) is 0 Å². The van der Waals surface area contributed by atoms with Gasteiger partial charge in [0.25, 0.3) is 5.91 Å². The first-order chi connectivity index (χ1) is 11.3. The maximum atomic E-state index is 12.8. The first-order valence-electron chi connectivity index (χ1n) is 7.64. The Kier molecular flexibility index (Phi) is 3.23. The molecule has 2 heterocycles. The van der Waals surface area contributed by atoms with Crippen LogP contribution in [0.3, 0.4) is 0 Å². The largest absolute Gasteiger partial charge is 0.416 e. The van der Waals surface area contributed by atoms with E-state index in [0.717, 1.165) is 24.1 Å². The zero-order chi connectivity index (χ0) is 17.1. The summed E-state index contributed by atoms with van der Waals surface area (Å²) in [5.74, 6) is -0.107. The molecule has 1 amide bonds. The van der Waals surface area contributed by atoms with Crippen molar-refractivity contribution in [2.75, 3.05) is 6.54 Å². The summed E-state index contributed by atoms with van der Waals surface area (Å²) >= 11 is 6.01. The maximum absolute atomic E-state index is 12.8. The van der Waals surface area contributed by atoms with Crippen molar-refractivity contribution in [3.05, 3.63) is 69.7 Å². The van der Waals surface area contributed by atoms with Gasteiger partial charge in [-0.15, -0.1) is 0 Å². The van der Waals surface area contributed by atoms with Crippen LogP contribution >= 0.6 is 11.6 Å². The van der Waals surface area contributed by atoms with E-state index in [1.54, 1.807) is 17.0 Å². The van der Waals surface area contributed by atoms with Gasteiger partial charge in [0.05, 0.1) is 11.1 Å². The number of amides is 1. The molecule has 2 aromatic carbocycles. The molecule has 0 aliphatic carbocycles. The quantitative estimate of drug-likeness (QED) is 0.719. The van der Waals surface area contributed by atoms with Crippen molar-refractivity contribution in [3.8, 4) is 0 Å². The Balaban J connectivity index is 1.88. The highest BCUT2D eigenvalue weighted by molar-refractivity contribution is 6.31. The average molecular weight is 352 g/mol. The van der Waals surface area contributed by atoms with Gasteiger partial charge in [0, 0.05) is 17.1 Å². The summed E-state index contributed by atoms with van der Waals surface area (Å²) in [5.41, 5.74) is 0.716. The summed E-state index contributed by atoms with van der Waals surface area (Å²) in [6, 6.07) is 10.3. The summed E-state index contributed by atoms with van der Waals surface area (Å²) < 4.78 is 38.5. The molecule has 1 atom stereocenters. The van der Waals surface area contributed by atoms with Crippen LogP contribution < -0.4 is 0 Å². The predicted molar refractivity (Wildman–Crippen MR) is 83.9 cm³/mol. The fraction of sp³-hybridized carbons (Fsp3) is 0.278. The summed E-state index contributed by atoms with van der Waals surface area (Å²) in [6.45, 7) is 0.589. The third-order valence-corrected chi connectivity index (χ3v) is 5.21. The Bertz CT molecular complexity index is 831. The minimum absolute atomic E-state index is 0.107. The summed E-state index contributed by atoms with van der Waals surface area (Å²) in [5, 5.41) is 0.478. The van der Waals surface area contributed by atoms with Crippen molar-refractivity contribution in [3.63, 3.8) is 0 Å². The van der Waals surface area contributed by atoms with E-state index in [2.05, 4.69) is 0 Å². The lowest BCUT2D eigenvalue weighted by atomic mass is 9.81. The molecule has 0 radical (unpaired) electrons. The Labute approximate surface area is 141 Å². The highest BCUT2D eigenvalue weighted by atomic mass is 35.5. The number of carbonyl (C=O) groups excluding carboxylic acids is 1. The van der Waals surface area contributed by atoms with E-state index in [9.17, 15) is 18.0 Å². The van der Waals surface area contributed by atoms with Gasteiger partial charge in [0.15, 0.2) is 0 Å². The molecule has 2 aromatic rings. The second-order valence-electron chi connectivity index (χ2n) is 6.19. The Morgan fingerprint density at radius 2 is 1.79 bits per heavy atom. The first kappa shape index (κ1) is 15.5. The van der Waals surface area contributed by atoms with Crippen molar-refractivity contribution in [1.82, 2.24) is 4.90 Å². The van der Waals surface area contributed by atoms with E-state index in [1.807, 2.05) is 6.07 Å². The molecule has 124 valence electrons. The van der Waals surface area contributed by atoms with Crippen LogP contribution in [0.1, 0.15) is 39.9 Å². The second kappa shape index (κ2) is 4.99. The van der Waals surface area contributed by atoms with Crippen LogP contribution in [0.5, 0.6) is 0 Å². The molecule has 0 saturated carbocycles. The number of nitrogens with zero attached hydrogens (tertiary/aromatic N) is 1. The molecule has 6 heteroatoms. The number of halogens is 4. The summed E-state index contributed by atoms with van der Waals surface area (Å²) in [6.07, 6.45) is -2.87. The lowest BCUT2D eigenvalue weighted by Gasteiger charge is -2.34. The van der Waals surface area contributed by atoms with Gasteiger partial charge in [0.1, 0.15) is 0 Å². The van der Waals surface area contributed by atoms with Crippen LogP contribution in [0.25, 0.3) is 0 Å². The number of rotatable bonds is 1. The lowest BCUT2D eigenvalue weighted by Crippen LogP contribution is -2.39. The molecule has 4 rings (SSSR count). The number of hydrogen-bond donors (Lipinski definition) is 0. The van der Waals surface area contributed by atoms with Gasteiger partial charge in [0.2, 0.25) is 0 Å². The van der Waals surface area contributed by atoms with Gasteiger partial charge in [-0.3, -0.25) is 4.79 Å². The van der Waals surface area contributed by atoms with E-state index in [-0.39, 0.29) is 5.91 Å². The van der Waals surface area contributed by atoms with E-state index in [0.29, 0.717) is 29.1 Å². The fourth-order valence-corrected chi connectivity index (χ4v) is 4.14. The third-order valence-electron chi connectivity index (χ3n) is 4.97. The number of fused-ring (bicyclic) bond motifs is 3. The summed E-state index contributed by atoms with van der Waals surface area (Å²) in [7, 11) is 0. The number of carbonyl (C=O) groups is 1. The molecule has 1 fully saturated rings. The maximum Gasteiger partial charge on any atom is 0.416 e. The van der Waals surface area contributed by atoms with Crippen LogP contribution in [-0.4, -0.2) is 17.4 Å². The average Bonchev–Trinajstić information content (AvgIpc) is 3.07. The zero-order valence-corrected chi connectivity index (χ0v) is 13.3. The van der Waals surface area contributed by atoms with Gasteiger partial charge < -0.3 is 4.90 Å². The standard InChI is InChI=1S/C18H13ClF3NO/c19-13-6-7-15-14(10-13)16(24)23-9-1-8-17(15,23)11-2-4-12(5-3-11)18(20,21)22/h2-7,10H,1,8-9H2. The molecule has 2 aliphatic heterocycles. The van der Waals surface area contributed by atoms with E-state index < -0.39 is 17.3 Å². The van der Waals surface area contributed by atoms with Gasteiger partial charge in [-0.05, 0) is 48.2 Å². The van der Waals surface area contributed by atoms with Crippen molar-refractivity contribution in [2.45, 2.75) is 24.6 Å². The van der Waals surface area contributed by atoms with Crippen molar-refractivity contribution >= 4 is 17.5 Å².